The van der Waals surface area contributed by atoms with Crippen LogP contribution in [0.15, 0.2) is 0 Å². The van der Waals surface area contributed by atoms with Crippen LogP contribution in [0.25, 0.3) is 0 Å². The van der Waals surface area contributed by atoms with Crippen LogP contribution in [0.3, 0.4) is 0 Å². The molecule has 0 aliphatic carbocycles. The third-order valence-electron chi connectivity index (χ3n) is 2.75. The van der Waals surface area contributed by atoms with Gasteiger partial charge in [-0.05, 0) is 24.7 Å². The van der Waals surface area contributed by atoms with Crippen molar-refractivity contribution < 1.29 is 9.53 Å². The lowest BCUT2D eigenvalue weighted by molar-refractivity contribution is -0.143. The number of hydrogen-bond acceptors (Lipinski definition) is 3. The quantitative estimate of drug-likeness (QED) is 0.692. The van der Waals surface area contributed by atoms with E-state index in [1.165, 1.54) is 7.11 Å². The molecule has 0 amide bonds. The lowest BCUT2D eigenvalue weighted by Crippen LogP contribution is -2.40. The van der Waals surface area contributed by atoms with Crippen LogP contribution in [0.1, 0.15) is 40.5 Å². The zero-order valence-electron chi connectivity index (χ0n) is 9.96. The summed E-state index contributed by atoms with van der Waals surface area (Å²) in [6.07, 6.45) is 1.35. The van der Waals surface area contributed by atoms with Crippen LogP contribution in [0.5, 0.6) is 0 Å². The largest absolute Gasteiger partial charge is 0.469 e. The van der Waals surface area contributed by atoms with Crippen LogP contribution in [-0.2, 0) is 9.53 Å². The molecule has 3 heteroatoms. The van der Waals surface area contributed by atoms with Crippen molar-refractivity contribution in [3.05, 3.63) is 0 Å². The molecule has 0 bridgehead atoms. The molecule has 0 saturated heterocycles. The molecular weight excluding hydrogens is 178 g/mol. The third-order valence-corrected chi connectivity index (χ3v) is 2.75. The molecule has 0 radical (unpaired) electrons. The van der Waals surface area contributed by atoms with Gasteiger partial charge in [-0.15, -0.1) is 0 Å². The fourth-order valence-corrected chi connectivity index (χ4v) is 1.75. The Hall–Kier alpha value is -0.570. The highest BCUT2D eigenvalue weighted by atomic mass is 16.5. The molecule has 14 heavy (non-hydrogen) atoms. The van der Waals surface area contributed by atoms with Gasteiger partial charge in [0, 0.05) is 6.04 Å². The van der Waals surface area contributed by atoms with E-state index in [9.17, 15) is 4.79 Å². The van der Waals surface area contributed by atoms with Crippen molar-refractivity contribution in [2.45, 2.75) is 46.6 Å². The Kier molecular flexibility index (Phi) is 5.13. The Morgan fingerprint density at radius 1 is 1.43 bits per heavy atom. The average molecular weight is 201 g/mol. The molecule has 0 aromatic heterocycles. The summed E-state index contributed by atoms with van der Waals surface area (Å²) in [5, 5.41) is 0. The molecule has 84 valence electrons. The van der Waals surface area contributed by atoms with Gasteiger partial charge in [-0.25, -0.2) is 0 Å². The van der Waals surface area contributed by atoms with Gasteiger partial charge >= 0.3 is 5.97 Å². The van der Waals surface area contributed by atoms with Crippen molar-refractivity contribution >= 4 is 5.97 Å². The predicted octanol–water partition coefficient (Wildman–Crippen LogP) is 1.95. The van der Waals surface area contributed by atoms with E-state index in [0.29, 0.717) is 12.3 Å². The summed E-state index contributed by atoms with van der Waals surface area (Å²) >= 11 is 0. The first-order valence-corrected chi connectivity index (χ1v) is 5.14. The summed E-state index contributed by atoms with van der Waals surface area (Å²) < 4.78 is 4.68. The third kappa shape index (κ3) is 4.09. The molecule has 0 rings (SSSR count). The van der Waals surface area contributed by atoms with Crippen molar-refractivity contribution in [3.63, 3.8) is 0 Å². The first kappa shape index (κ1) is 13.4. The summed E-state index contributed by atoms with van der Waals surface area (Å²) in [6.45, 7) is 8.27. The fraction of sp³-hybridized carbons (Fsp3) is 0.909. The Labute approximate surface area is 87.0 Å². The highest BCUT2D eigenvalue weighted by Gasteiger charge is 2.32. The predicted molar refractivity (Wildman–Crippen MR) is 57.8 cm³/mol. The number of carbonyl (C=O) groups excluding carboxylic acids is 1. The lowest BCUT2D eigenvalue weighted by Gasteiger charge is -2.34. The number of rotatable bonds is 5. The molecule has 0 fully saturated rings. The second kappa shape index (κ2) is 5.35. The van der Waals surface area contributed by atoms with Gasteiger partial charge in [0.15, 0.2) is 0 Å². The van der Waals surface area contributed by atoms with Gasteiger partial charge < -0.3 is 10.5 Å². The molecule has 2 N–H and O–H groups in total. The second-order valence-corrected chi connectivity index (χ2v) is 4.79. The zero-order chi connectivity index (χ0) is 11.4. The maximum Gasteiger partial charge on any atom is 0.306 e. The monoisotopic (exact) mass is 201 g/mol. The summed E-state index contributed by atoms with van der Waals surface area (Å²) in [7, 11) is 1.42. The van der Waals surface area contributed by atoms with E-state index >= 15 is 0 Å². The molecule has 2 atom stereocenters. The number of carbonyl (C=O) groups is 1. The zero-order valence-corrected chi connectivity index (χ0v) is 9.96. The summed E-state index contributed by atoms with van der Waals surface area (Å²) in [5.74, 6) is 0.362. The first-order chi connectivity index (χ1) is 6.31. The first-order valence-electron chi connectivity index (χ1n) is 5.14. The van der Waals surface area contributed by atoms with E-state index in [4.69, 9.17) is 5.73 Å². The minimum atomic E-state index is -0.176. The molecular formula is C11H23NO2. The molecule has 2 unspecified atom stereocenters. The minimum absolute atomic E-state index is 0.00370. The smallest absolute Gasteiger partial charge is 0.306 e. The highest BCUT2D eigenvalue weighted by Crippen LogP contribution is 2.33. The van der Waals surface area contributed by atoms with Crippen LogP contribution in [0.2, 0.25) is 0 Å². The number of esters is 1. The van der Waals surface area contributed by atoms with Crippen molar-refractivity contribution in [1.29, 1.82) is 0 Å². The maximum atomic E-state index is 11.2. The van der Waals surface area contributed by atoms with Crippen molar-refractivity contribution in [2.75, 3.05) is 7.11 Å². The Bertz CT molecular complexity index is 190. The van der Waals surface area contributed by atoms with Crippen LogP contribution < -0.4 is 5.73 Å². The Morgan fingerprint density at radius 2 is 1.93 bits per heavy atom. The number of hydrogen-bond donors (Lipinski definition) is 1. The van der Waals surface area contributed by atoms with Gasteiger partial charge in [0.2, 0.25) is 0 Å². The summed E-state index contributed by atoms with van der Waals surface area (Å²) in [6, 6.07) is 0.00370. The Morgan fingerprint density at radius 3 is 2.21 bits per heavy atom. The Balaban J connectivity index is 4.47. The molecule has 0 aliphatic rings. The van der Waals surface area contributed by atoms with Crippen LogP contribution in [0, 0.1) is 11.3 Å². The fourth-order valence-electron chi connectivity index (χ4n) is 1.75. The molecule has 0 saturated carbocycles. The lowest BCUT2D eigenvalue weighted by atomic mass is 9.74. The van der Waals surface area contributed by atoms with Gasteiger partial charge in [0.05, 0.1) is 13.5 Å². The van der Waals surface area contributed by atoms with E-state index in [-0.39, 0.29) is 17.4 Å². The van der Waals surface area contributed by atoms with Crippen molar-refractivity contribution in [2.24, 2.45) is 17.1 Å². The normalized spacial score (nSPS) is 17.6. The van der Waals surface area contributed by atoms with Gasteiger partial charge in [-0.2, -0.15) is 0 Å². The molecule has 0 spiro atoms. The van der Waals surface area contributed by atoms with Crippen molar-refractivity contribution in [3.8, 4) is 0 Å². The van der Waals surface area contributed by atoms with Gasteiger partial charge in [0.25, 0.3) is 0 Å². The van der Waals surface area contributed by atoms with Crippen LogP contribution in [0.4, 0.5) is 0 Å². The van der Waals surface area contributed by atoms with E-state index in [0.717, 1.165) is 6.42 Å². The standard InChI is InChI=1S/C11H23NO2/c1-8(2)6-11(4,9(3)12)7-10(13)14-5/h8-9H,6-7,12H2,1-5H3. The number of nitrogens with two attached hydrogens (primary N) is 1. The van der Waals surface area contributed by atoms with Crippen LogP contribution >= 0.6 is 0 Å². The number of methoxy groups -OCH3 is 1. The number of ether oxygens (including phenoxy) is 1. The van der Waals surface area contributed by atoms with Gasteiger partial charge in [-0.1, -0.05) is 20.8 Å². The van der Waals surface area contributed by atoms with E-state index in [1.807, 2.05) is 6.92 Å². The molecule has 0 aliphatic heterocycles. The van der Waals surface area contributed by atoms with Crippen LogP contribution in [-0.4, -0.2) is 19.1 Å². The maximum absolute atomic E-state index is 11.2. The minimum Gasteiger partial charge on any atom is -0.469 e. The second-order valence-electron chi connectivity index (χ2n) is 4.79. The molecule has 0 aromatic rings. The van der Waals surface area contributed by atoms with E-state index < -0.39 is 0 Å². The SMILES string of the molecule is COC(=O)CC(C)(CC(C)C)C(C)N. The van der Waals surface area contributed by atoms with Crippen molar-refractivity contribution in [1.82, 2.24) is 0 Å². The molecule has 0 aromatic carbocycles. The van der Waals surface area contributed by atoms with Gasteiger partial charge in [0.1, 0.15) is 0 Å². The topological polar surface area (TPSA) is 52.3 Å². The average Bonchev–Trinajstić information content (AvgIpc) is 2.02. The van der Waals surface area contributed by atoms with E-state index in [1.54, 1.807) is 0 Å². The van der Waals surface area contributed by atoms with E-state index in [2.05, 4.69) is 25.5 Å². The molecule has 0 heterocycles. The molecule has 3 nitrogen and oxygen atoms in total. The van der Waals surface area contributed by atoms with Gasteiger partial charge in [-0.3, -0.25) is 4.79 Å². The summed E-state index contributed by atoms with van der Waals surface area (Å²) in [5.41, 5.74) is 5.76. The summed E-state index contributed by atoms with van der Waals surface area (Å²) in [4.78, 5) is 11.2. The highest BCUT2D eigenvalue weighted by molar-refractivity contribution is 5.70.